The molecule has 0 saturated carbocycles. The minimum Gasteiger partial charge on any atom is -0.320 e. The van der Waals surface area contributed by atoms with E-state index in [9.17, 15) is 17.6 Å². The van der Waals surface area contributed by atoms with Crippen molar-refractivity contribution in [2.75, 3.05) is 22.7 Å². The molecule has 4 rings (SSSR count). The van der Waals surface area contributed by atoms with Gasteiger partial charge in [-0.15, -0.1) is 0 Å². The van der Waals surface area contributed by atoms with Crippen LogP contribution in [0.4, 0.5) is 20.6 Å². The van der Waals surface area contributed by atoms with Gasteiger partial charge in [0, 0.05) is 24.3 Å². The molecule has 0 aliphatic carbocycles. The van der Waals surface area contributed by atoms with Gasteiger partial charge in [-0.3, -0.25) is 9.62 Å². The van der Waals surface area contributed by atoms with Gasteiger partial charge in [-0.05, 0) is 42.8 Å². The van der Waals surface area contributed by atoms with E-state index in [2.05, 4.69) is 4.72 Å². The zero-order chi connectivity index (χ0) is 21.8. The summed E-state index contributed by atoms with van der Waals surface area (Å²) in [5, 5.41) is 0. The number of benzene rings is 3. The first-order valence-electron chi connectivity index (χ1n) is 9.92. The molecule has 0 spiro atoms. The van der Waals surface area contributed by atoms with Crippen molar-refractivity contribution in [1.82, 2.24) is 4.90 Å². The van der Waals surface area contributed by atoms with Crippen LogP contribution in [0.3, 0.4) is 0 Å². The number of nitrogens with one attached hydrogen (secondary N) is 1. The number of rotatable bonds is 6. The molecule has 6 nitrogen and oxygen atoms in total. The standard InChI is InChI=1S/C23H22FN3O3S/c24-22-13-5-4-8-18(22)17-26-14-7-15-27(23(26)28)20-10-6-9-19(16-20)25-31(29,30)21-11-2-1-3-12-21/h1-6,8-13,16,25H,7,14-15,17H2. The topological polar surface area (TPSA) is 69.7 Å². The Labute approximate surface area is 181 Å². The number of amides is 2. The number of hydrogen-bond donors (Lipinski definition) is 1. The second-order valence-electron chi connectivity index (χ2n) is 7.27. The lowest BCUT2D eigenvalue weighted by Crippen LogP contribution is -2.49. The van der Waals surface area contributed by atoms with Crippen molar-refractivity contribution in [3.8, 4) is 0 Å². The highest BCUT2D eigenvalue weighted by atomic mass is 32.2. The maximum atomic E-state index is 14.0. The van der Waals surface area contributed by atoms with E-state index in [1.54, 1.807) is 70.5 Å². The van der Waals surface area contributed by atoms with E-state index in [1.165, 1.54) is 18.2 Å². The molecule has 3 aromatic carbocycles. The Kier molecular flexibility index (Phi) is 5.90. The van der Waals surface area contributed by atoms with Crippen LogP contribution in [-0.2, 0) is 16.6 Å². The summed E-state index contributed by atoms with van der Waals surface area (Å²) in [6.07, 6.45) is 0.722. The Morgan fingerprint density at radius 3 is 2.42 bits per heavy atom. The van der Waals surface area contributed by atoms with E-state index >= 15 is 0 Å². The monoisotopic (exact) mass is 439 g/mol. The zero-order valence-corrected chi connectivity index (χ0v) is 17.6. The fraction of sp³-hybridized carbons (Fsp3) is 0.174. The molecular weight excluding hydrogens is 417 g/mol. The summed E-state index contributed by atoms with van der Waals surface area (Å²) in [5.41, 5.74) is 1.40. The average molecular weight is 440 g/mol. The van der Waals surface area contributed by atoms with Crippen LogP contribution in [0.5, 0.6) is 0 Å². The molecule has 1 heterocycles. The zero-order valence-electron chi connectivity index (χ0n) is 16.7. The molecule has 0 atom stereocenters. The number of carbonyl (C=O) groups is 1. The van der Waals surface area contributed by atoms with Crippen LogP contribution in [0.25, 0.3) is 0 Å². The van der Waals surface area contributed by atoms with Crippen LogP contribution in [0.15, 0.2) is 83.8 Å². The average Bonchev–Trinajstić information content (AvgIpc) is 2.77. The highest BCUT2D eigenvalue weighted by Crippen LogP contribution is 2.26. The van der Waals surface area contributed by atoms with Crippen molar-refractivity contribution in [3.05, 3.63) is 90.2 Å². The smallest absolute Gasteiger partial charge is 0.320 e. The largest absolute Gasteiger partial charge is 0.324 e. The first-order valence-corrected chi connectivity index (χ1v) is 11.4. The number of nitrogens with zero attached hydrogens (tertiary/aromatic N) is 2. The molecule has 0 bridgehead atoms. The number of urea groups is 1. The van der Waals surface area contributed by atoms with Crippen molar-refractivity contribution in [2.24, 2.45) is 0 Å². The normalized spacial score (nSPS) is 14.5. The van der Waals surface area contributed by atoms with Crippen LogP contribution >= 0.6 is 0 Å². The number of carbonyl (C=O) groups excluding carboxylic acids is 1. The van der Waals surface area contributed by atoms with Gasteiger partial charge in [-0.2, -0.15) is 0 Å². The van der Waals surface area contributed by atoms with Crippen LogP contribution in [0.1, 0.15) is 12.0 Å². The second-order valence-corrected chi connectivity index (χ2v) is 8.95. The summed E-state index contributed by atoms with van der Waals surface area (Å²) < 4.78 is 41.8. The Balaban J connectivity index is 1.53. The fourth-order valence-corrected chi connectivity index (χ4v) is 4.62. The maximum Gasteiger partial charge on any atom is 0.324 e. The van der Waals surface area contributed by atoms with E-state index in [4.69, 9.17) is 0 Å². The number of anilines is 2. The van der Waals surface area contributed by atoms with Gasteiger partial charge >= 0.3 is 6.03 Å². The van der Waals surface area contributed by atoms with Gasteiger partial charge in [0.1, 0.15) is 5.82 Å². The third kappa shape index (κ3) is 4.69. The van der Waals surface area contributed by atoms with Crippen molar-refractivity contribution >= 4 is 27.4 Å². The highest BCUT2D eigenvalue weighted by Gasteiger charge is 2.27. The van der Waals surface area contributed by atoms with Crippen molar-refractivity contribution in [2.45, 2.75) is 17.9 Å². The third-order valence-corrected chi connectivity index (χ3v) is 6.49. The molecule has 0 radical (unpaired) electrons. The molecule has 1 aliphatic heterocycles. The molecule has 31 heavy (non-hydrogen) atoms. The lowest BCUT2D eigenvalue weighted by atomic mass is 10.1. The minimum absolute atomic E-state index is 0.158. The number of hydrogen-bond acceptors (Lipinski definition) is 3. The summed E-state index contributed by atoms with van der Waals surface area (Å²) in [7, 11) is -3.74. The minimum atomic E-state index is -3.74. The molecule has 2 amide bonds. The summed E-state index contributed by atoms with van der Waals surface area (Å²) in [4.78, 5) is 16.4. The van der Waals surface area contributed by atoms with Crippen LogP contribution in [0, 0.1) is 5.82 Å². The molecule has 1 aliphatic rings. The lowest BCUT2D eigenvalue weighted by molar-refractivity contribution is 0.192. The Hall–Kier alpha value is -3.39. The molecule has 0 unspecified atom stereocenters. The summed E-state index contributed by atoms with van der Waals surface area (Å²) >= 11 is 0. The third-order valence-electron chi connectivity index (χ3n) is 5.09. The van der Waals surface area contributed by atoms with Crippen LogP contribution in [0.2, 0.25) is 0 Å². The van der Waals surface area contributed by atoms with Gasteiger partial charge in [0.25, 0.3) is 10.0 Å². The molecule has 160 valence electrons. The summed E-state index contributed by atoms with van der Waals surface area (Å²) in [6, 6.07) is 21.0. The van der Waals surface area contributed by atoms with Crippen molar-refractivity contribution in [3.63, 3.8) is 0 Å². The molecule has 1 fully saturated rings. The Bertz CT molecular complexity index is 1190. The molecule has 8 heteroatoms. The van der Waals surface area contributed by atoms with E-state index < -0.39 is 10.0 Å². The van der Waals surface area contributed by atoms with Crippen molar-refractivity contribution in [1.29, 1.82) is 0 Å². The van der Waals surface area contributed by atoms with E-state index in [-0.39, 0.29) is 23.3 Å². The van der Waals surface area contributed by atoms with Gasteiger partial charge in [-0.25, -0.2) is 17.6 Å². The molecule has 3 aromatic rings. The van der Waals surface area contributed by atoms with Gasteiger partial charge in [0.15, 0.2) is 0 Å². The summed E-state index contributed by atoms with van der Waals surface area (Å²) in [5.74, 6) is -0.343. The first-order chi connectivity index (χ1) is 14.9. The molecule has 1 saturated heterocycles. The van der Waals surface area contributed by atoms with E-state index in [0.717, 1.165) is 6.42 Å². The first kappa shape index (κ1) is 20.9. The SMILES string of the molecule is O=C1N(Cc2ccccc2F)CCCN1c1cccc(NS(=O)(=O)c2ccccc2)c1. The summed E-state index contributed by atoms with van der Waals surface area (Å²) in [6.45, 7) is 1.22. The van der Waals surface area contributed by atoms with Gasteiger partial charge in [0.2, 0.25) is 0 Å². The predicted molar refractivity (Wildman–Crippen MR) is 118 cm³/mol. The van der Waals surface area contributed by atoms with Crippen LogP contribution < -0.4 is 9.62 Å². The lowest BCUT2D eigenvalue weighted by Gasteiger charge is -2.36. The second kappa shape index (κ2) is 8.77. The van der Waals surface area contributed by atoms with Crippen molar-refractivity contribution < 1.29 is 17.6 Å². The van der Waals surface area contributed by atoms with Gasteiger partial charge < -0.3 is 4.90 Å². The number of halogens is 1. The number of sulfonamides is 1. The quantitative estimate of drug-likeness (QED) is 0.617. The molecule has 1 N–H and O–H groups in total. The van der Waals surface area contributed by atoms with Gasteiger partial charge in [0.05, 0.1) is 17.1 Å². The Morgan fingerprint density at radius 2 is 1.65 bits per heavy atom. The van der Waals surface area contributed by atoms with Crippen LogP contribution in [-0.4, -0.2) is 32.4 Å². The predicted octanol–water partition coefficient (Wildman–Crippen LogP) is 4.46. The fourth-order valence-electron chi connectivity index (χ4n) is 3.55. The highest BCUT2D eigenvalue weighted by molar-refractivity contribution is 7.92. The molecular formula is C23H22FN3O3S. The van der Waals surface area contributed by atoms with E-state index in [0.29, 0.717) is 30.0 Å². The van der Waals surface area contributed by atoms with E-state index in [1.807, 2.05) is 0 Å². The maximum absolute atomic E-state index is 14.0. The Morgan fingerprint density at radius 1 is 0.903 bits per heavy atom. The van der Waals surface area contributed by atoms with Gasteiger partial charge in [-0.1, -0.05) is 42.5 Å². The molecule has 0 aromatic heterocycles.